The van der Waals surface area contributed by atoms with E-state index >= 15 is 0 Å². The Hall–Kier alpha value is -1.54. The van der Waals surface area contributed by atoms with Crippen molar-refractivity contribution >= 4 is 15.5 Å². The molecule has 1 aromatic rings. The van der Waals surface area contributed by atoms with Gasteiger partial charge >= 0.3 is 0 Å². The van der Waals surface area contributed by atoms with Crippen molar-refractivity contribution in [2.24, 2.45) is 5.92 Å². The zero-order valence-corrected chi connectivity index (χ0v) is 11.1. The fourth-order valence-electron chi connectivity index (χ4n) is 2.27. The molecule has 0 aromatic heterocycles. The largest absolute Gasteiger partial charge is 0.383 e. The van der Waals surface area contributed by atoms with Gasteiger partial charge in [-0.15, -0.1) is 0 Å². The molecule has 0 aliphatic carbocycles. The number of anilines is 1. The molecule has 4 nitrogen and oxygen atoms in total. The average Bonchev–Trinajstić information content (AvgIpc) is 2.67. The van der Waals surface area contributed by atoms with Crippen LogP contribution < -0.4 is 5.32 Å². The Kier molecular flexibility index (Phi) is 3.58. The van der Waals surface area contributed by atoms with E-state index in [4.69, 9.17) is 5.26 Å². The van der Waals surface area contributed by atoms with Crippen LogP contribution in [0.3, 0.4) is 0 Å². The molecule has 1 unspecified atom stereocenters. The minimum atomic E-state index is -2.83. The number of nitrogens with one attached hydrogen (secondary N) is 1. The molecule has 0 amide bonds. The third kappa shape index (κ3) is 2.82. The normalized spacial score (nSPS) is 21.4. The molecule has 0 saturated carbocycles. The lowest BCUT2D eigenvalue weighted by molar-refractivity contribution is 0.596. The van der Waals surface area contributed by atoms with Crippen molar-refractivity contribution in [3.05, 3.63) is 29.3 Å². The third-order valence-corrected chi connectivity index (χ3v) is 5.12. The van der Waals surface area contributed by atoms with Crippen LogP contribution in [-0.4, -0.2) is 26.5 Å². The molecule has 1 aliphatic rings. The number of benzene rings is 1. The number of hydrogen-bond acceptors (Lipinski definition) is 4. The van der Waals surface area contributed by atoms with Crippen LogP contribution in [-0.2, 0) is 9.84 Å². The van der Waals surface area contributed by atoms with Crippen LogP contribution in [0.15, 0.2) is 18.2 Å². The summed E-state index contributed by atoms with van der Waals surface area (Å²) < 4.78 is 22.7. The van der Waals surface area contributed by atoms with Crippen LogP contribution in [0.25, 0.3) is 0 Å². The number of rotatable bonds is 3. The predicted octanol–water partition coefficient (Wildman–Crippen LogP) is 1.71. The SMILES string of the molecule is Cc1cccc(C#N)c1NCC1CCS(=O)(=O)C1. The minimum Gasteiger partial charge on any atom is -0.383 e. The molecule has 1 fully saturated rings. The first-order valence-corrected chi connectivity index (χ1v) is 7.78. The van der Waals surface area contributed by atoms with Crippen LogP contribution in [0.4, 0.5) is 5.69 Å². The summed E-state index contributed by atoms with van der Waals surface area (Å²) in [5.74, 6) is 0.701. The summed E-state index contributed by atoms with van der Waals surface area (Å²) in [6, 6.07) is 7.70. The van der Waals surface area contributed by atoms with E-state index in [1.807, 2.05) is 19.1 Å². The van der Waals surface area contributed by atoms with Gasteiger partial charge in [0.1, 0.15) is 6.07 Å². The number of sulfone groups is 1. The molecular formula is C13H16N2O2S. The zero-order valence-electron chi connectivity index (χ0n) is 10.3. The van der Waals surface area contributed by atoms with Crippen molar-refractivity contribution in [1.82, 2.24) is 0 Å². The summed E-state index contributed by atoms with van der Waals surface area (Å²) >= 11 is 0. The van der Waals surface area contributed by atoms with E-state index in [0.717, 1.165) is 11.3 Å². The Morgan fingerprint density at radius 2 is 2.28 bits per heavy atom. The first-order valence-electron chi connectivity index (χ1n) is 5.96. The summed E-state index contributed by atoms with van der Waals surface area (Å²) in [5, 5.41) is 12.3. The fraction of sp³-hybridized carbons (Fsp3) is 0.462. The Balaban J connectivity index is 2.06. The summed E-state index contributed by atoms with van der Waals surface area (Å²) in [7, 11) is -2.83. The molecule has 96 valence electrons. The van der Waals surface area contributed by atoms with Crippen LogP contribution >= 0.6 is 0 Å². The van der Waals surface area contributed by atoms with Gasteiger partial charge in [-0.1, -0.05) is 12.1 Å². The van der Waals surface area contributed by atoms with E-state index in [1.165, 1.54) is 0 Å². The van der Waals surface area contributed by atoms with Crippen molar-refractivity contribution in [2.75, 3.05) is 23.4 Å². The van der Waals surface area contributed by atoms with Crippen LogP contribution in [0.2, 0.25) is 0 Å². The van der Waals surface area contributed by atoms with Crippen LogP contribution in [0, 0.1) is 24.2 Å². The molecule has 1 heterocycles. The summed E-state index contributed by atoms with van der Waals surface area (Å²) in [6.45, 7) is 2.55. The zero-order chi connectivity index (χ0) is 13.2. The molecule has 5 heteroatoms. The van der Waals surface area contributed by atoms with Crippen molar-refractivity contribution in [1.29, 1.82) is 5.26 Å². The predicted molar refractivity (Wildman–Crippen MR) is 71.1 cm³/mol. The van der Waals surface area contributed by atoms with Gasteiger partial charge in [0.25, 0.3) is 0 Å². The monoisotopic (exact) mass is 264 g/mol. The molecule has 1 N–H and O–H groups in total. The van der Waals surface area contributed by atoms with Gasteiger partial charge in [0, 0.05) is 6.54 Å². The van der Waals surface area contributed by atoms with Gasteiger partial charge in [-0.25, -0.2) is 8.42 Å². The maximum absolute atomic E-state index is 11.4. The van der Waals surface area contributed by atoms with E-state index in [0.29, 0.717) is 18.5 Å². The highest BCUT2D eigenvalue weighted by Gasteiger charge is 2.27. The van der Waals surface area contributed by atoms with Gasteiger partial charge in [-0.05, 0) is 30.9 Å². The highest BCUT2D eigenvalue weighted by atomic mass is 32.2. The van der Waals surface area contributed by atoms with Gasteiger partial charge in [-0.3, -0.25) is 0 Å². The molecule has 1 saturated heterocycles. The number of hydrogen-bond donors (Lipinski definition) is 1. The van der Waals surface area contributed by atoms with Gasteiger partial charge in [0.05, 0.1) is 22.8 Å². The Morgan fingerprint density at radius 3 is 2.89 bits per heavy atom. The first kappa shape index (κ1) is 12.9. The van der Waals surface area contributed by atoms with Crippen molar-refractivity contribution in [3.8, 4) is 6.07 Å². The molecule has 1 atom stereocenters. The van der Waals surface area contributed by atoms with Gasteiger partial charge < -0.3 is 5.32 Å². The summed E-state index contributed by atoms with van der Waals surface area (Å²) in [4.78, 5) is 0. The lowest BCUT2D eigenvalue weighted by atomic mass is 10.1. The summed E-state index contributed by atoms with van der Waals surface area (Å²) in [5.41, 5.74) is 2.44. The number of nitrogens with zero attached hydrogens (tertiary/aromatic N) is 1. The Labute approximate surface area is 108 Å². The van der Waals surface area contributed by atoms with Gasteiger partial charge in [0.2, 0.25) is 0 Å². The molecule has 18 heavy (non-hydrogen) atoms. The second-order valence-corrected chi connectivity index (χ2v) is 6.99. The molecular weight excluding hydrogens is 248 g/mol. The minimum absolute atomic E-state index is 0.154. The van der Waals surface area contributed by atoms with E-state index in [9.17, 15) is 8.42 Å². The number of para-hydroxylation sites is 1. The van der Waals surface area contributed by atoms with Crippen molar-refractivity contribution in [3.63, 3.8) is 0 Å². The second kappa shape index (κ2) is 4.99. The average molecular weight is 264 g/mol. The fourth-order valence-corrected chi connectivity index (χ4v) is 4.14. The molecule has 0 radical (unpaired) electrons. The summed E-state index contributed by atoms with van der Waals surface area (Å²) in [6.07, 6.45) is 0.711. The quantitative estimate of drug-likeness (QED) is 0.902. The highest BCUT2D eigenvalue weighted by molar-refractivity contribution is 7.91. The van der Waals surface area contributed by atoms with E-state index in [-0.39, 0.29) is 17.4 Å². The smallest absolute Gasteiger partial charge is 0.150 e. The maximum Gasteiger partial charge on any atom is 0.150 e. The first-order chi connectivity index (χ1) is 8.52. The second-order valence-electron chi connectivity index (χ2n) is 4.76. The Morgan fingerprint density at radius 1 is 1.50 bits per heavy atom. The number of aryl methyl sites for hydroxylation is 1. The highest BCUT2D eigenvalue weighted by Crippen LogP contribution is 2.23. The molecule has 1 aliphatic heterocycles. The van der Waals surface area contributed by atoms with Crippen molar-refractivity contribution in [2.45, 2.75) is 13.3 Å². The van der Waals surface area contributed by atoms with E-state index < -0.39 is 9.84 Å². The molecule has 0 spiro atoms. The lowest BCUT2D eigenvalue weighted by Crippen LogP contribution is -2.16. The van der Waals surface area contributed by atoms with Gasteiger partial charge in [0.15, 0.2) is 9.84 Å². The molecule has 2 rings (SSSR count). The van der Waals surface area contributed by atoms with Crippen LogP contribution in [0.1, 0.15) is 17.5 Å². The third-order valence-electron chi connectivity index (χ3n) is 3.29. The van der Waals surface area contributed by atoms with E-state index in [2.05, 4.69) is 11.4 Å². The lowest BCUT2D eigenvalue weighted by Gasteiger charge is -2.14. The Bertz CT molecular complexity index is 587. The van der Waals surface area contributed by atoms with E-state index in [1.54, 1.807) is 6.07 Å². The maximum atomic E-state index is 11.4. The van der Waals surface area contributed by atoms with Crippen molar-refractivity contribution < 1.29 is 8.42 Å². The van der Waals surface area contributed by atoms with Crippen LogP contribution in [0.5, 0.6) is 0 Å². The number of nitriles is 1. The standard InChI is InChI=1S/C13H16N2O2S/c1-10-3-2-4-12(7-14)13(10)15-8-11-5-6-18(16,17)9-11/h2-4,11,15H,5-6,8-9H2,1H3. The topological polar surface area (TPSA) is 70.0 Å². The molecule has 1 aromatic carbocycles. The molecule has 0 bridgehead atoms. The van der Waals surface area contributed by atoms with Gasteiger partial charge in [-0.2, -0.15) is 5.26 Å².